The number of esters is 1. The van der Waals surface area contributed by atoms with Crippen molar-refractivity contribution in [2.75, 3.05) is 6.54 Å². The number of aliphatic hydroxyl groups is 1. The van der Waals surface area contributed by atoms with Gasteiger partial charge in [0.1, 0.15) is 11.8 Å². The number of ether oxygens (including phenoxy) is 1. The first-order valence-electron chi connectivity index (χ1n) is 5.03. The van der Waals surface area contributed by atoms with Gasteiger partial charge in [0.05, 0.1) is 5.92 Å². The molecule has 1 heterocycles. The Bertz CT molecular complexity index is 210. The maximum Gasteiger partial charge on any atom is 0.309 e. The molecule has 0 saturated carbocycles. The Balaban J connectivity index is 2.44. The van der Waals surface area contributed by atoms with Gasteiger partial charge in [-0.25, -0.2) is 0 Å². The van der Waals surface area contributed by atoms with E-state index in [0.29, 0.717) is 13.0 Å². The number of rotatable bonds is 1. The van der Waals surface area contributed by atoms with Crippen LogP contribution < -0.4 is 5.32 Å². The molecule has 0 aromatic rings. The number of aliphatic hydroxyl groups excluding tert-OH is 1. The molecule has 0 amide bonds. The van der Waals surface area contributed by atoms with E-state index in [4.69, 9.17) is 4.74 Å². The fourth-order valence-electron chi connectivity index (χ4n) is 1.49. The van der Waals surface area contributed by atoms with E-state index in [1.165, 1.54) is 0 Å². The molecule has 0 spiro atoms. The summed E-state index contributed by atoms with van der Waals surface area (Å²) >= 11 is 0. The summed E-state index contributed by atoms with van der Waals surface area (Å²) in [7, 11) is 0. The molecule has 0 aromatic carbocycles. The van der Waals surface area contributed by atoms with Crippen molar-refractivity contribution in [3.8, 4) is 0 Å². The third-order valence-electron chi connectivity index (χ3n) is 2.12. The van der Waals surface area contributed by atoms with Crippen LogP contribution >= 0.6 is 0 Å². The van der Waals surface area contributed by atoms with Crippen molar-refractivity contribution in [1.29, 1.82) is 0 Å². The van der Waals surface area contributed by atoms with E-state index in [1.807, 2.05) is 20.8 Å². The van der Waals surface area contributed by atoms with Crippen molar-refractivity contribution in [3.63, 3.8) is 0 Å². The zero-order chi connectivity index (χ0) is 10.8. The second-order valence-electron chi connectivity index (χ2n) is 4.72. The molecule has 1 aliphatic heterocycles. The van der Waals surface area contributed by atoms with Crippen molar-refractivity contribution < 1.29 is 14.6 Å². The summed E-state index contributed by atoms with van der Waals surface area (Å²) in [6.07, 6.45) is 0.627. The number of carbonyl (C=O) groups excluding carboxylic acids is 1. The van der Waals surface area contributed by atoms with Gasteiger partial charge in [0.15, 0.2) is 0 Å². The molecule has 1 fully saturated rings. The minimum Gasteiger partial charge on any atom is -0.460 e. The molecule has 2 atom stereocenters. The molecule has 0 bridgehead atoms. The molecule has 1 rings (SSSR count). The molecular weight excluding hydrogens is 182 g/mol. The Morgan fingerprint density at radius 3 is 2.64 bits per heavy atom. The van der Waals surface area contributed by atoms with Crippen LogP contribution in [0.15, 0.2) is 0 Å². The first-order valence-corrected chi connectivity index (χ1v) is 5.03. The van der Waals surface area contributed by atoms with Gasteiger partial charge >= 0.3 is 5.97 Å². The number of hydrogen-bond acceptors (Lipinski definition) is 4. The first-order chi connectivity index (χ1) is 6.38. The molecule has 4 nitrogen and oxygen atoms in total. The predicted molar refractivity (Wildman–Crippen MR) is 52.6 cm³/mol. The van der Waals surface area contributed by atoms with E-state index < -0.39 is 11.8 Å². The molecule has 2 N–H and O–H groups in total. The fraction of sp³-hybridized carbons (Fsp3) is 0.900. The highest BCUT2D eigenvalue weighted by Gasteiger charge is 2.29. The Hall–Kier alpha value is -0.610. The van der Waals surface area contributed by atoms with Crippen LogP contribution in [0.25, 0.3) is 0 Å². The maximum absolute atomic E-state index is 11.6. The highest BCUT2D eigenvalue weighted by molar-refractivity contribution is 5.73. The van der Waals surface area contributed by atoms with Crippen LogP contribution in [0.3, 0.4) is 0 Å². The van der Waals surface area contributed by atoms with Crippen LogP contribution in [-0.2, 0) is 9.53 Å². The summed E-state index contributed by atoms with van der Waals surface area (Å²) in [6.45, 7) is 6.22. The van der Waals surface area contributed by atoms with E-state index >= 15 is 0 Å². The zero-order valence-electron chi connectivity index (χ0n) is 9.04. The molecule has 4 heteroatoms. The average Bonchev–Trinajstić information content (AvgIpc) is 2.01. The van der Waals surface area contributed by atoms with E-state index in [-0.39, 0.29) is 11.9 Å². The lowest BCUT2D eigenvalue weighted by atomic mass is 9.97. The van der Waals surface area contributed by atoms with E-state index in [0.717, 1.165) is 6.42 Å². The lowest BCUT2D eigenvalue weighted by Crippen LogP contribution is -2.42. The number of piperidine rings is 1. The van der Waals surface area contributed by atoms with Gasteiger partial charge in [0.25, 0.3) is 0 Å². The van der Waals surface area contributed by atoms with Crippen molar-refractivity contribution in [2.45, 2.75) is 45.4 Å². The highest BCUT2D eigenvalue weighted by Crippen LogP contribution is 2.19. The zero-order valence-corrected chi connectivity index (χ0v) is 9.04. The van der Waals surface area contributed by atoms with Crippen molar-refractivity contribution in [2.24, 2.45) is 5.92 Å². The molecular formula is C10H19NO3. The molecule has 14 heavy (non-hydrogen) atoms. The summed E-state index contributed by atoms with van der Waals surface area (Å²) in [4.78, 5) is 11.6. The number of hydrogen-bond donors (Lipinski definition) is 2. The molecule has 1 saturated heterocycles. The van der Waals surface area contributed by atoms with Crippen LogP contribution in [0, 0.1) is 5.92 Å². The van der Waals surface area contributed by atoms with Gasteiger partial charge in [-0.15, -0.1) is 0 Å². The van der Waals surface area contributed by atoms with Crippen molar-refractivity contribution in [1.82, 2.24) is 5.32 Å². The molecule has 0 radical (unpaired) electrons. The van der Waals surface area contributed by atoms with Crippen LogP contribution in [-0.4, -0.2) is 29.4 Å². The summed E-state index contributed by atoms with van der Waals surface area (Å²) < 4.78 is 5.25. The third-order valence-corrected chi connectivity index (χ3v) is 2.12. The van der Waals surface area contributed by atoms with Gasteiger partial charge in [-0.1, -0.05) is 0 Å². The number of carbonyl (C=O) groups is 1. The molecule has 1 aliphatic rings. The molecule has 2 unspecified atom stereocenters. The summed E-state index contributed by atoms with van der Waals surface area (Å²) in [5, 5.41) is 12.2. The SMILES string of the molecule is CC(C)(C)OC(=O)C1CCNC(O)C1. The van der Waals surface area contributed by atoms with Crippen LogP contribution in [0.2, 0.25) is 0 Å². The minimum atomic E-state index is -0.568. The average molecular weight is 201 g/mol. The van der Waals surface area contributed by atoms with Gasteiger partial charge in [-0.05, 0) is 33.7 Å². The standard InChI is InChI=1S/C10H19NO3/c1-10(2,3)14-9(13)7-4-5-11-8(12)6-7/h7-8,11-12H,4-6H2,1-3H3. The van der Waals surface area contributed by atoms with Gasteiger partial charge in [-0.2, -0.15) is 0 Å². The first kappa shape index (κ1) is 11.5. The Morgan fingerprint density at radius 1 is 1.50 bits per heavy atom. The van der Waals surface area contributed by atoms with Crippen molar-refractivity contribution in [3.05, 3.63) is 0 Å². The lowest BCUT2D eigenvalue weighted by molar-refractivity contribution is -0.162. The minimum absolute atomic E-state index is 0.162. The Kier molecular flexibility index (Phi) is 3.50. The van der Waals surface area contributed by atoms with Gasteiger partial charge in [-0.3, -0.25) is 10.1 Å². The topological polar surface area (TPSA) is 58.6 Å². The Morgan fingerprint density at radius 2 is 2.14 bits per heavy atom. The third kappa shape index (κ3) is 3.64. The largest absolute Gasteiger partial charge is 0.460 e. The van der Waals surface area contributed by atoms with Gasteiger partial charge in [0, 0.05) is 6.42 Å². The van der Waals surface area contributed by atoms with E-state index in [1.54, 1.807) is 0 Å². The molecule has 82 valence electrons. The molecule has 0 aromatic heterocycles. The monoisotopic (exact) mass is 201 g/mol. The fourth-order valence-corrected chi connectivity index (χ4v) is 1.49. The van der Waals surface area contributed by atoms with Gasteiger partial charge < -0.3 is 9.84 Å². The quantitative estimate of drug-likeness (QED) is 0.611. The summed E-state index contributed by atoms with van der Waals surface area (Å²) in [6, 6.07) is 0. The molecule has 0 aliphatic carbocycles. The smallest absolute Gasteiger partial charge is 0.309 e. The Labute approximate surface area is 84.6 Å². The van der Waals surface area contributed by atoms with E-state index in [9.17, 15) is 9.90 Å². The summed E-state index contributed by atoms with van der Waals surface area (Å²) in [5.74, 6) is -0.358. The normalized spacial score (nSPS) is 28.6. The van der Waals surface area contributed by atoms with Gasteiger partial charge in [0.2, 0.25) is 0 Å². The summed E-state index contributed by atoms with van der Waals surface area (Å²) in [5.41, 5.74) is -0.438. The van der Waals surface area contributed by atoms with Crippen LogP contribution in [0.4, 0.5) is 0 Å². The lowest BCUT2D eigenvalue weighted by Gasteiger charge is -2.28. The van der Waals surface area contributed by atoms with E-state index in [2.05, 4.69) is 5.32 Å². The number of nitrogens with one attached hydrogen (secondary N) is 1. The van der Waals surface area contributed by atoms with Crippen LogP contribution in [0.1, 0.15) is 33.6 Å². The maximum atomic E-state index is 11.6. The van der Waals surface area contributed by atoms with Crippen molar-refractivity contribution >= 4 is 5.97 Å². The second kappa shape index (κ2) is 4.28. The predicted octanol–water partition coefficient (Wildman–Crippen LogP) is 0.646. The highest BCUT2D eigenvalue weighted by atomic mass is 16.6. The van der Waals surface area contributed by atoms with Crippen LogP contribution in [0.5, 0.6) is 0 Å². The second-order valence-corrected chi connectivity index (χ2v) is 4.72.